The van der Waals surface area contributed by atoms with E-state index in [1.54, 1.807) is 0 Å². The molecule has 9 heteroatoms. The van der Waals surface area contributed by atoms with Crippen LogP contribution in [0.25, 0.3) is 0 Å². The van der Waals surface area contributed by atoms with Gasteiger partial charge in [0.25, 0.3) is 0 Å². The van der Waals surface area contributed by atoms with Crippen LogP contribution in [0.5, 0.6) is 0 Å². The van der Waals surface area contributed by atoms with Gasteiger partial charge in [-0.05, 0) is 64.2 Å². The van der Waals surface area contributed by atoms with Crippen LogP contribution in [-0.2, 0) is 33.3 Å². The average molecular weight is 912 g/mol. The summed E-state index contributed by atoms with van der Waals surface area (Å²) in [5, 5.41) is 11.7. The van der Waals surface area contributed by atoms with Crippen molar-refractivity contribution in [1.29, 1.82) is 0 Å². The van der Waals surface area contributed by atoms with Gasteiger partial charge in [-0.25, -0.2) is 0 Å². The smallest absolute Gasteiger partial charge is 0.306 e. The highest BCUT2D eigenvalue weighted by molar-refractivity contribution is 5.70. The number of aliphatic carboxylic acids is 1. The number of unbranched alkanes of at least 4 members (excludes halogenated alkanes) is 20. The van der Waals surface area contributed by atoms with Crippen LogP contribution in [0.2, 0.25) is 0 Å². The lowest BCUT2D eigenvalue weighted by Crippen LogP contribution is -2.44. The van der Waals surface area contributed by atoms with E-state index in [4.69, 9.17) is 18.9 Å². The first-order chi connectivity index (χ1) is 31.6. The Hall–Kier alpha value is -3.27. The minimum absolute atomic E-state index is 0.147. The lowest BCUT2D eigenvalue weighted by Gasteiger charge is -2.26. The molecular weight excluding hydrogens is 815 g/mol. The Kier molecular flexibility index (Phi) is 44.9. The predicted molar refractivity (Wildman–Crippen MR) is 269 cm³/mol. The van der Waals surface area contributed by atoms with E-state index in [2.05, 4.69) is 86.8 Å². The zero-order chi connectivity index (χ0) is 47.7. The van der Waals surface area contributed by atoms with Gasteiger partial charge in [0.1, 0.15) is 13.2 Å². The second-order valence-corrected chi connectivity index (χ2v) is 18.4. The van der Waals surface area contributed by atoms with E-state index in [1.807, 2.05) is 21.1 Å². The Morgan fingerprint density at radius 3 is 1.31 bits per heavy atom. The molecule has 2 atom stereocenters. The number of esters is 2. The minimum atomic E-state index is -1.62. The summed E-state index contributed by atoms with van der Waals surface area (Å²) in [6.45, 7) is 4.57. The molecule has 65 heavy (non-hydrogen) atoms. The van der Waals surface area contributed by atoms with Crippen molar-refractivity contribution in [3.8, 4) is 0 Å². The number of ether oxygens (including phenoxy) is 4. The van der Waals surface area contributed by atoms with Gasteiger partial charge in [0.05, 0.1) is 40.3 Å². The number of nitrogens with zero attached hydrogens (tertiary/aromatic N) is 1. The zero-order valence-electron chi connectivity index (χ0n) is 42.3. The number of hydrogen-bond donors (Lipinski definition) is 0. The number of quaternary nitrogens is 1. The van der Waals surface area contributed by atoms with Crippen molar-refractivity contribution in [2.75, 3.05) is 47.5 Å². The van der Waals surface area contributed by atoms with Gasteiger partial charge < -0.3 is 33.3 Å². The molecule has 0 aromatic carbocycles. The second kappa shape index (κ2) is 47.2. The van der Waals surface area contributed by atoms with Gasteiger partial charge in [0.2, 0.25) is 0 Å². The number of likely N-dealkylation sites (N-methyl/N-ethyl adjacent to an activating group) is 1. The Bertz CT molecular complexity index is 1290. The molecule has 0 amide bonds. The van der Waals surface area contributed by atoms with Crippen molar-refractivity contribution >= 4 is 17.9 Å². The normalized spacial score (nSPS) is 13.4. The Balaban J connectivity index is 4.04. The maximum atomic E-state index is 12.8. The molecule has 0 saturated heterocycles. The molecule has 0 spiro atoms. The molecule has 0 bridgehead atoms. The van der Waals surface area contributed by atoms with E-state index < -0.39 is 24.3 Å². The molecule has 0 aliphatic heterocycles. The number of carboxylic acid groups (broad SMARTS) is 1. The summed E-state index contributed by atoms with van der Waals surface area (Å²) in [5.74, 6) is -2.29. The van der Waals surface area contributed by atoms with Crippen molar-refractivity contribution in [2.45, 2.75) is 219 Å². The molecule has 9 nitrogen and oxygen atoms in total. The van der Waals surface area contributed by atoms with E-state index in [0.717, 1.165) is 77.0 Å². The van der Waals surface area contributed by atoms with Crippen molar-refractivity contribution in [2.24, 2.45) is 0 Å². The lowest BCUT2D eigenvalue weighted by molar-refractivity contribution is -0.870. The van der Waals surface area contributed by atoms with Crippen LogP contribution in [0.15, 0.2) is 72.9 Å². The van der Waals surface area contributed by atoms with Crippen LogP contribution in [0.4, 0.5) is 0 Å². The van der Waals surface area contributed by atoms with E-state index in [1.165, 1.54) is 96.3 Å². The summed E-state index contributed by atoms with van der Waals surface area (Å²) in [6, 6.07) is 0. The van der Waals surface area contributed by atoms with E-state index in [9.17, 15) is 19.5 Å². The summed E-state index contributed by atoms with van der Waals surface area (Å²) in [5.41, 5.74) is 0. The molecule has 0 N–H and O–H groups in total. The summed E-state index contributed by atoms with van der Waals surface area (Å²) in [7, 11) is 5.90. The highest BCUT2D eigenvalue weighted by Gasteiger charge is 2.22. The zero-order valence-corrected chi connectivity index (χ0v) is 42.3. The number of carboxylic acids is 1. The molecule has 0 heterocycles. The van der Waals surface area contributed by atoms with Crippen molar-refractivity contribution < 1.29 is 42.9 Å². The quantitative estimate of drug-likeness (QED) is 0.0195. The standard InChI is InChI=1S/C56H97NO8/c1-6-8-10-12-14-15-16-17-18-19-20-21-22-23-24-25-26-27-28-29-30-31-32-33-34-35-36-37-38-39-41-43-45-47-54(59)65-52(50-63-53(58)46-44-42-40-13-11-9-7-2)51-64-56(55(60)61)62-49-48-57(3,4)5/h8,10,14-15,17-18,20-21,23-24,26-27,52,56H,6-7,9,11-13,16,19,22,25,28-51H2,1-5H3/b10-8-,15-14-,18-17-,21-20-,24-23-,27-26-. The van der Waals surface area contributed by atoms with Crippen LogP contribution < -0.4 is 5.11 Å². The third kappa shape index (κ3) is 48.5. The van der Waals surface area contributed by atoms with Gasteiger partial charge >= 0.3 is 11.9 Å². The van der Waals surface area contributed by atoms with Crippen LogP contribution in [-0.4, -0.2) is 82.3 Å². The SMILES string of the molecule is CC/C=C\C/C=C\C/C=C\C/C=C\C/C=C\C/C=C\CCCCCCCCCCCCCCCCC(=O)OC(COC(=O)CCCCCCCCC)COC(OCC[N+](C)(C)C)C(=O)[O-]. The molecule has 0 aliphatic carbocycles. The Morgan fingerprint density at radius 1 is 0.477 bits per heavy atom. The molecular formula is C56H97NO8. The molecule has 374 valence electrons. The summed E-state index contributed by atoms with van der Waals surface area (Å²) >= 11 is 0. The number of carbonyl (C=O) groups is 3. The fourth-order valence-electron chi connectivity index (χ4n) is 6.95. The first-order valence-corrected chi connectivity index (χ1v) is 26.1. The third-order valence-corrected chi connectivity index (χ3v) is 11.0. The van der Waals surface area contributed by atoms with Crippen molar-refractivity contribution in [3.05, 3.63) is 72.9 Å². The van der Waals surface area contributed by atoms with Crippen LogP contribution in [0.3, 0.4) is 0 Å². The molecule has 0 fully saturated rings. The van der Waals surface area contributed by atoms with Gasteiger partial charge in [-0.15, -0.1) is 0 Å². The van der Waals surface area contributed by atoms with Gasteiger partial charge in [0, 0.05) is 12.8 Å². The number of allylic oxidation sites excluding steroid dienone is 12. The number of carbonyl (C=O) groups excluding carboxylic acids is 3. The van der Waals surface area contributed by atoms with Crippen LogP contribution >= 0.6 is 0 Å². The molecule has 0 rings (SSSR count). The average Bonchev–Trinajstić information content (AvgIpc) is 3.27. The van der Waals surface area contributed by atoms with Gasteiger partial charge in [-0.2, -0.15) is 0 Å². The van der Waals surface area contributed by atoms with Gasteiger partial charge in [-0.3, -0.25) is 9.59 Å². The molecule has 0 saturated carbocycles. The largest absolute Gasteiger partial charge is 0.545 e. The minimum Gasteiger partial charge on any atom is -0.545 e. The van der Waals surface area contributed by atoms with Crippen LogP contribution in [0, 0.1) is 0 Å². The highest BCUT2D eigenvalue weighted by Crippen LogP contribution is 2.15. The van der Waals surface area contributed by atoms with E-state index in [-0.39, 0.29) is 32.2 Å². The summed E-state index contributed by atoms with van der Waals surface area (Å²) < 4.78 is 22.5. The maximum absolute atomic E-state index is 12.8. The molecule has 0 aromatic rings. The Labute approximate surface area is 398 Å². The monoisotopic (exact) mass is 912 g/mol. The summed E-state index contributed by atoms with van der Waals surface area (Å²) in [6.07, 6.45) is 56.9. The van der Waals surface area contributed by atoms with Crippen molar-refractivity contribution in [3.63, 3.8) is 0 Å². The topological polar surface area (TPSA) is 111 Å². The van der Waals surface area contributed by atoms with Crippen LogP contribution in [0.1, 0.15) is 206 Å². The summed E-state index contributed by atoms with van der Waals surface area (Å²) in [4.78, 5) is 36.9. The van der Waals surface area contributed by atoms with Gasteiger partial charge in [0.15, 0.2) is 12.4 Å². The van der Waals surface area contributed by atoms with E-state index in [0.29, 0.717) is 23.9 Å². The predicted octanol–water partition coefficient (Wildman–Crippen LogP) is 13.3. The van der Waals surface area contributed by atoms with Gasteiger partial charge in [-0.1, -0.05) is 202 Å². The molecule has 0 radical (unpaired) electrons. The molecule has 0 aromatic heterocycles. The first kappa shape index (κ1) is 61.7. The maximum Gasteiger partial charge on any atom is 0.306 e. The lowest BCUT2D eigenvalue weighted by atomic mass is 10.0. The second-order valence-electron chi connectivity index (χ2n) is 18.4. The molecule has 2 unspecified atom stereocenters. The van der Waals surface area contributed by atoms with E-state index >= 15 is 0 Å². The highest BCUT2D eigenvalue weighted by atomic mass is 16.7. The number of hydrogen-bond acceptors (Lipinski definition) is 8. The fraction of sp³-hybridized carbons (Fsp3) is 0.732. The first-order valence-electron chi connectivity index (χ1n) is 26.1. The third-order valence-electron chi connectivity index (χ3n) is 11.0. The Morgan fingerprint density at radius 2 is 0.877 bits per heavy atom. The fourth-order valence-corrected chi connectivity index (χ4v) is 6.95. The number of rotatable bonds is 47. The molecule has 0 aliphatic rings. The van der Waals surface area contributed by atoms with Crippen molar-refractivity contribution in [1.82, 2.24) is 0 Å².